The molecule has 0 radical (unpaired) electrons. The van der Waals surface area contributed by atoms with Crippen LogP contribution in [-0.2, 0) is 11.8 Å². The van der Waals surface area contributed by atoms with Crippen LogP contribution in [0, 0.1) is 13.8 Å². The zero-order valence-electron chi connectivity index (χ0n) is 48.9. The summed E-state index contributed by atoms with van der Waals surface area (Å²) in [6, 6.07) is 67.7. The third-order valence-electron chi connectivity index (χ3n) is 17.8. The van der Waals surface area contributed by atoms with Crippen LogP contribution in [0.5, 0.6) is 0 Å². The van der Waals surface area contributed by atoms with Crippen LogP contribution in [0.15, 0.2) is 176 Å². The van der Waals surface area contributed by atoms with Crippen molar-refractivity contribution in [1.82, 2.24) is 4.57 Å². The van der Waals surface area contributed by atoms with E-state index >= 15 is 0 Å². The van der Waals surface area contributed by atoms with Crippen molar-refractivity contribution in [3.05, 3.63) is 204 Å². The predicted octanol–water partition coefficient (Wildman–Crippen LogP) is 23.7. The Bertz CT molecular complexity index is 3330. The lowest BCUT2D eigenvalue weighted by molar-refractivity contribution is 0.397. The molecule has 10 rings (SSSR count). The van der Waals surface area contributed by atoms with E-state index in [2.05, 4.69) is 220 Å². The van der Waals surface area contributed by atoms with Gasteiger partial charge in [0.2, 0.25) is 0 Å². The smallest absolute Gasteiger partial charge is 0.0547 e. The van der Waals surface area contributed by atoms with Gasteiger partial charge in [0.1, 0.15) is 0 Å². The summed E-state index contributed by atoms with van der Waals surface area (Å²) in [5.41, 5.74) is 22.4. The zero-order chi connectivity index (χ0) is 54.4. The van der Waals surface area contributed by atoms with Crippen LogP contribution in [0.1, 0.15) is 190 Å². The molecule has 408 valence electrons. The summed E-state index contributed by atoms with van der Waals surface area (Å²) in [6.45, 7) is 11.4. The number of anilines is 3. The van der Waals surface area contributed by atoms with E-state index in [0.29, 0.717) is 0 Å². The molecular weight excluding hydrogens is 953 g/mol. The first-order chi connectivity index (χ1) is 38.9. The highest BCUT2D eigenvalue weighted by atomic mass is 15.1. The van der Waals surface area contributed by atoms with E-state index in [0.717, 1.165) is 23.5 Å². The number of hydrogen-bond donors (Lipinski definition) is 0. The van der Waals surface area contributed by atoms with Gasteiger partial charge in [-0.2, -0.15) is 0 Å². The molecule has 0 atom stereocenters. The van der Waals surface area contributed by atoms with Crippen molar-refractivity contribution in [2.75, 3.05) is 4.90 Å². The molecule has 1 aliphatic rings. The first kappa shape index (κ1) is 55.7. The minimum Gasteiger partial charge on any atom is -0.311 e. The van der Waals surface area contributed by atoms with E-state index in [1.165, 1.54) is 219 Å². The molecule has 0 N–H and O–H groups in total. The zero-order valence-corrected chi connectivity index (χ0v) is 48.9. The molecule has 8 aromatic carbocycles. The summed E-state index contributed by atoms with van der Waals surface area (Å²) < 4.78 is 2.46. The first-order valence-corrected chi connectivity index (χ1v) is 31.4. The van der Waals surface area contributed by atoms with E-state index in [4.69, 9.17) is 0 Å². The molecule has 1 aromatic heterocycles. The van der Waals surface area contributed by atoms with Gasteiger partial charge < -0.3 is 9.47 Å². The topological polar surface area (TPSA) is 8.17 Å². The molecule has 79 heavy (non-hydrogen) atoms. The van der Waals surface area contributed by atoms with Crippen LogP contribution < -0.4 is 4.90 Å². The number of aromatic nitrogens is 1. The summed E-state index contributed by atoms with van der Waals surface area (Å²) in [4.78, 5) is 2.42. The average Bonchev–Trinajstić information content (AvgIpc) is 4.21. The lowest BCUT2D eigenvalue weighted by Gasteiger charge is -2.33. The second kappa shape index (κ2) is 27.0. The third kappa shape index (κ3) is 12.9. The van der Waals surface area contributed by atoms with Gasteiger partial charge in [0.15, 0.2) is 0 Å². The molecule has 0 unspecified atom stereocenters. The van der Waals surface area contributed by atoms with Crippen LogP contribution in [-0.4, -0.2) is 4.57 Å². The monoisotopic (exact) mass is 1040 g/mol. The molecule has 0 saturated heterocycles. The van der Waals surface area contributed by atoms with Crippen molar-refractivity contribution in [3.63, 3.8) is 0 Å². The van der Waals surface area contributed by atoms with Crippen molar-refractivity contribution < 1.29 is 0 Å². The molecule has 0 saturated carbocycles. The maximum Gasteiger partial charge on any atom is 0.0547 e. The molecule has 1 heterocycles. The van der Waals surface area contributed by atoms with Gasteiger partial charge in [0, 0.05) is 38.9 Å². The van der Waals surface area contributed by atoms with Crippen LogP contribution in [0.3, 0.4) is 0 Å². The molecule has 0 amide bonds. The Labute approximate surface area is 476 Å². The van der Waals surface area contributed by atoms with Crippen molar-refractivity contribution in [2.45, 2.75) is 188 Å². The SMILES string of the molecule is CCCCCCCCCCC1(CCCCCCCCCC)c2cc(C)ccc2-c2ccc(-c3ccc(N(c4ccc(C)cc4)c4ccc(-c5ccc6c7ccccc7n(-c7ccc(CCCCCC)cc7)c6c5)cc4)cc3)cc21. The Hall–Kier alpha value is -6.64. The number of aryl methyl sites for hydroxylation is 3. The van der Waals surface area contributed by atoms with Crippen LogP contribution in [0.25, 0.3) is 60.9 Å². The number of rotatable bonds is 29. The van der Waals surface area contributed by atoms with Gasteiger partial charge in [-0.1, -0.05) is 263 Å². The lowest BCUT2D eigenvalue weighted by Crippen LogP contribution is -2.25. The lowest BCUT2D eigenvalue weighted by atomic mass is 9.70. The quantitative estimate of drug-likeness (QED) is 0.0424. The van der Waals surface area contributed by atoms with Crippen LogP contribution in [0.2, 0.25) is 0 Å². The number of hydrogen-bond acceptors (Lipinski definition) is 1. The van der Waals surface area contributed by atoms with E-state index in [9.17, 15) is 0 Å². The fourth-order valence-electron chi connectivity index (χ4n) is 13.3. The minimum absolute atomic E-state index is 0.0506. The molecule has 0 fully saturated rings. The molecule has 2 nitrogen and oxygen atoms in total. The Balaban J connectivity index is 0.934. The fraction of sp³-hybridized carbons (Fsp3) is 0.377. The second-order valence-corrected chi connectivity index (χ2v) is 23.7. The Kier molecular flexibility index (Phi) is 19.0. The Morgan fingerprint density at radius 2 is 0.797 bits per heavy atom. The van der Waals surface area contributed by atoms with E-state index in [1.807, 2.05) is 0 Å². The molecule has 0 spiro atoms. The molecule has 0 aliphatic heterocycles. The van der Waals surface area contributed by atoms with Crippen molar-refractivity contribution in [1.29, 1.82) is 0 Å². The summed E-state index contributed by atoms with van der Waals surface area (Å²) in [6.07, 6.45) is 30.4. The summed E-state index contributed by atoms with van der Waals surface area (Å²) in [5.74, 6) is 0. The highest BCUT2D eigenvalue weighted by Gasteiger charge is 2.42. The van der Waals surface area contributed by atoms with E-state index in [1.54, 1.807) is 11.1 Å². The molecule has 9 aromatic rings. The van der Waals surface area contributed by atoms with Gasteiger partial charge >= 0.3 is 0 Å². The molecule has 2 heteroatoms. The fourth-order valence-corrected chi connectivity index (χ4v) is 13.3. The number of benzene rings is 8. The third-order valence-corrected chi connectivity index (χ3v) is 17.8. The number of para-hydroxylation sites is 1. The number of nitrogens with zero attached hydrogens (tertiary/aromatic N) is 2. The van der Waals surface area contributed by atoms with Crippen molar-refractivity contribution in [3.8, 4) is 39.1 Å². The maximum atomic E-state index is 2.62. The van der Waals surface area contributed by atoms with Gasteiger partial charge in [-0.05, 0) is 156 Å². The molecular formula is C77H90N2. The largest absolute Gasteiger partial charge is 0.311 e. The van der Waals surface area contributed by atoms with Gasteiger partial charge in [0.05, 0.1) is 11.0 Å². The number of fused-ring (bicyclic) bond motifs is 6. The highest BCUT2D eigenvalue weighted by Crippen LogP contribution is 2.55. The van der Waals surface area contributed by atoms with Crippen LogP contribution in [0.4, 0.5) is 17.1 Å². The molecule has 1 aliphatic carbocycles. The Morgan fingerprint density at radius 3 is 1.38 bits per heavy atom. The predicted molar refractivity (Wildman–Crippen MR) is 344 cm³/mol. The van der Waals surface area contributed by atoms with Crippen LogP contribution >= 0.6 is 0 Å². The van der Waals surface area contributed by atoms with Gasteiger partial charge in [-0.25, -0.2) is 0 Å². The molecule has 0 bridgehead atoms. The summed E-state index contributed by atoms with van der Waals surface area (Å²) in [7, 11) is 0. The Morgan fingerprint density at radius 1 is 0.354 bits per heavy atom. The normalized spacial score (nSPS) is 12.6. The van der Waals surface area contributed by atoms with Gasteiger partial charge in [-0.15, -0.1) is 0 Å². The minimum atomic E-state index is 0.0506. The highest BCUT2D eigenvalue weighted by molar-refractivity contribution is 6.10. The summed E-state index contributed by atoms with van der Waals surface area (Å²) >= 11 is 0. The van der Waals surface area contributed by atoms with E-state index < -0.39 is 0 Å². The maximum absolute atomic E-state index is 2.62. The van der Waals surface area contributed by atoms with Gasteiger partial charge in [-0.3, -0.25) is 0 Å². The summed E-state index contributed by atoms with van der Waals surface area (Å²) in [5, 5.41) is 2.57. The second-order valence-electron chi connectivity index (χ2n) is 23.7. The number of unbranched alkanes of at least 4 members (excludes halogenated alkanes) is 17. The standard InChI is InChI=1S/C77H90N2/c1-6-9-12-15-17-19-21-26-53-77(54-27-22-20-18-16-13-10-7-2)73-55-59(5)33-50-69(73)70-51-40-63(56-74(70)77)61-36-46-66(47-37-61)78(65-42-31-58(4)32-43-65)67-48-38-62(39-49-67)64-41-52-72-71-29-24-25-30-75(71)79(76(72)57-64)68-44-34-60(35-45-68)28-23-14-11-8-3/h24-25,29-52,55-57H,6-23,26-28,53-54H2,1-5H3. The van der Waals surface area contributed by atoms with Crippen molar-refractivity contribution >= 4 is 38.9 Å². The van der Waals surface area contributed by atoms with E-state index in [-0.39, 0.29) is 5.41 Å². The van der Waals surface area contributed by atoms with Gasteiger partial charge in [0.25, 0.3) is 0 Å². The average molecular weight is 1040 g/mol. The first-order valence-electron chi connectivity index (χ1n) is 31.4. The van der Waals surface area contributed by atoms with Crippen molar-refractivity contribution in [2.24, 2.45) is 0 Å².